The van der Waals surface area contributed by atoms with Gasteiger partial charge in [-0.05, 0) is 13.0 Å². The van der Waals surface area contributed by atoms with Crippen LogP contribution in [0.4, 0.5) is 14.6 Å². The highest BCUT2D eigenvalue weighted by atomic mass is 31.3. The molecule has 7 N–H and O–H groups in total. The first-order chi connectivity index (χ1) is 14.4. The third-order valence-corrected chi connectivity index (χ3v) is 7.91. The monoisotopic (exact) mass is 531 g/mol. The highest BCUT2D eigenvalue weighted by Gasteiger charge is 2.61. The number of anilines is 1. The highest BCUT2D eigenvalue weighted by molar-refractivity contribution is 7.66. The summed E-state index contributed by atoms with van der Waals surface area (Å²) in [5, 5.41) is 10.2. The van der Waals surface area contributed by atoms with Gasteiger partial charge in [0.2, 0.25) is 5.67 Å². The number of phosphoric acid groups is 3. The van der Waals surface area contributed by atoms with Gasteiger partial charge in [0, 0.05) is 6.20 Å². The van der Waals surface area contributed by atoms with Crippen molar-refractivity contribution < 1.29 is 65.0 Å². The summed E-state index contributed by atoms with van der Waals surface area (Å²) in [5.41, 5.74) is 0.850. The second kappa shape index (κ2) is 9.25. The van der Waals surface area contributed by atoms with Crippen LogP contribution in [0.5, 0.6) is 0 Å². The van der Waals surface area contributed by atoms with Crippen molar-refractivity contribution in [2.45, 2.75) is 37.1 Å². The quantitative estimate of drug-likeness (QED) is 0.220. The number of halogens is 2. The van der Waals surface area contributed by atoms with Crippen LogP contribution in [0.15, 0.2) is 17.1 Å². The molecule has 0 bridgehead atoms. The first-order valence-electron chi connectivity index (χ1n) is 8.16. The van der Waals surface area contributed by atoms with Crippen molar-refractivity contribution in [2.24, 2.45) is 0 Å². The molecule has 0 saturated carbocycles. The van der Waals surface area contributed by atoms with E-state index < -0.39 is 66.0 Å². The lowest BCUT2D eigenvalue weighted by Gasteiger charge is -2.26. The number of ether oxygens (including phenoxy) is 1. The summed E-state index contributed by atoms with van der Waals surface area (Å²) in [6.07, 6.45) is -7.51. The van der Waals surface area contributed by atoms with Crippen molar-refractivity contribution in [1.82, 2.24) is 9.55 Å². The number of rotatable bonds is 9. The number of nitrogens with zero attached hydrogens (tertiary/aromatic N) is 2. The number of alkyl halides is 2. The van der Waals surface area contributed by atoms with E-state index in [-0.39, 0.29) is 5.82 Å². The first kappa shape index (κ1) is 27.1. The standard InChI is InChI=1S/C11H18F2N3O13P3/c1-5(27-31(22,23)29-32(24,25)28-30(19,20)21)7-8(17)11(13,4-12)9(26-7)16-3-2-6(14)15-10(16)18/h2-3,5,7-9,17H,4H2,1H3,(H,22,23)(H,24,25)(H2,14,15,18)(H2,19,20,21)/t5-,7-,8+,9-,11?/m1/s1. The van der Waals surface area contributed by atoms with E-state index in [1.165, 1.54) is 0 Å². The SMILES string of the molecule is C[C@@H](OP(=O)(O)OP(=O)(O)OP(=O)(O)O)[C@H]1O[C@@H](n2ccc(N)nc2=O)C(F)(CF)[C@H]1O. The van der Waals surface area contributed by atoms with Crippen LogP contribution >= 0.6 is 23.5 Å². The molecule has 7 atom stereocenters. The smallest absolute Gasteiger partial charge is 0.387 e. The van der Waals surface area contributed by atoms with Crippen LogP contribution in [0, 0.1) is 0 Å². The molecular formula is C11H18F2N3O13P3. The number of aliphatic hydroxyl groups is 1. The van der Waals surface area contributed by atoms with Crippen molar-refractivity contribution in [3.05, 3.63) is 22.7 Å². The fraction of sp³-hybridized carbons (Fsp3) is 0.636. The normalized spacial score (nSPS) is 31.1. The summed E-state index contributed by atoms with van der Waals surface area (Å²) in [5.74, 6) is -0.257. The van der Waals surface area contributed by atoms with Gasteiger partial charge in [-0.3, -0.25) is 9.09 Å². The van der Waals surface area contributed by atoms with Gasteiger partial charge >= 0.3 is 29.2 Å². The predicted octanol–water partition coefficient (Wildman–Crippen LogP) is -0.507. The summed E-state index contributed by atoms with van der Waals surface area (Å²) >= 11 is 0. The van der Waals surface area contributed by atoms with E-state index in [2.05, 4.69) is 18.1 Å². The number of hydrogen-bond donors (Lipinski definition) is 6. The molecule has 32 heavy (non-hydrogen) atoms. The predicted molar refractivity (Wildman–Crippen MR) is 97.1 cm³/mol. The molecule has 1 aromatic heterocycles. The molecule has 1 aliphatic heterocycles. The largest absolute Gasteiger partial charge is 0.490 e. The fourth-order valence-electron chi connectivity index (χ4n) is 2.74. The molecule has 0 amide bonds. The minimum atomic E-state index is -5.85. The Hall–Kier alpha value is -1.13. The Kier molecular flexibility index (Phi) is 7.84. The van der Waals surface area contributed by atoms with Gasteiger partial charge in [0.05, 0.1) is 6.10 Å². The molecule has 21 heteroatoms. The Morgan fingerprint density at radius 3 is 2.38 bits per heavy atom. The van der Waals surface area contributed by atoms with Gasteiger partial charge in [0.15, 0.2) is 6.23 Å². The van der Waals surface area contributed by atoms with Gasteiger partial charge in [0.25, 0.3) is 0 Å². The molecule has 1 aliphatic rings. The van der Waals surface area contributed by atoms with Gasteiger partial charge in [-0.15, -0.1) is 0 Å². The molecule has 2 heterocycles. The minimum Gasteiger partial charge on any atom is -0.387 e. The lowest BCUT2D eigenvalue weighted by Crippen LogP contribution is -2.48. The van der Waals surface area contributed by atoms with Crippen molar-refractivity contribution in [1.29, 1.82) is 0 Å². The highest BCUT2D eigenvalue weighted by Crippen LogP contribution is 2.66. The topological polar surface area (TPSA) is 250 Å². The van der Waals surface area contributed by atoms with Crippen LogP contribution in [0.1, 0.15) is 13.2 Å². The van der Waals surface area contributed by atoms with Crippen LogP contribution in [0.2, 0.25) is 0 Å². The van der Waals surface area contributed by atoms with Crippen LogP contribution < -0.4 is 11.4 Å². The average molecular weight is 531 g/mol. The number of hydrogen-bond acceptors (Lipinski definition) is 11. The molecule has 0 spiro atoms. The Labute approximate surface area is 177 Å². The fourth-order valence-corrected chi connectivity index (χ4v) is 5.94. The molecule has 0 aromatic carbocycles. The molecule has 0 aliphatic carbocycles. The van der Waals surface area contributed by atoms with Crippen molar-refractivity contribution >= 4 is 29.3 Å². The average Bonchev–Trinajstić information content (AvgIpc) is 2.84. The molecule has 1 fully saturated rings. The van der Waals surface area contributed by atoms with E-state index in [0.717, 1.165) is 19.2 Å². The zero-order valence-electron chi connectivity index (χ0n) is 15.7. The zero-order valence-corrected chi connectivity index (χ0v) is 18.4. The molecule has 3 unspecified atom stereocenters. The summed E-state index contributed by atoms with van der Waals surface area (Å²) in [7, 11) is -17.2. The Bertz CT molecular complexity index is 1050. The van der Waals surface area contributed by atoms with Gasteiger partial charge in [-0.2, -0.15) is 13.6 Å². The van der Waals surface area contributed by atoms with Crippen LogP contribution in [-0.4, -0.2) is 64.9 Å². The summed E-state index contributed by atoms with van der Waals surface area (Å²) < 4.78 is 79.7. The van der Waals surface area contributed by atoms with Crippen LogP contribution in [0.3, 0.4) is 0 Å². The third kappa shape index (κ3) is 6.26. The number of aliphatic hydroxyl groups excluding tert-OH is 1. The van der Waals surface area contributed by atoms with Crippen molar-refractivity contribution in [3.8, 4) is 0 Å². The van der Waals surface area contributed by atoms with Gasteiger partial charge in [0.1, 0.15) is 24.7 Å². The summed E-state index contributed by atoms with van der Waals surface area (Å²) in [6, 6.07) is 1.04. The number of nitrogen functional groups attached to an aromatic ring is 1. The summed E-state index contributed by atoms with van der Waals surface area (Å²) in [6.45, 7) is -1.02. The Morgan fingerprint density at radius 1 is 1.28 bits per heavy atom. The second-order valence-corrected chi connectivity index (χ2v) is 10.8. The maximum atomic E-state index is 15.2. The van der Waals surface area contributed by atoms with Crippen LogP contribution in [-0.2, 0) is 31.6 Å². The molecule has 1 saturated heterocycles. The molecule has 16 nitrogen and oxygen atoms in total. The molecule has 0 radical (unpaired) electrons. The first-order valence-corrected chi connectivity index (χ1v) is 12.7. The Morgan fingerprint density at radius 2 is 1.88 bits per heavy atom. The lowest BCUT2D eigenvalue weighted by atomic mass is 9.95. The minimum absolute atomic E-state index is 0.257. The van der Waals surface area contributed by atoms with Gasteiger partial charge < -0.3 is 35.2 Å². The maximum absolute atomic E-state index is 15.2. The van der Waals surface area contributed by atoms with E-state index in [0.29, 0.717) is 4.57 Å². The lowest BCUT2D eigenvalue weighted by molar-refractivity contribution is -0.0855. The molecular weight excluding hydrogens is 513 g/mol. The van der Waals surface area contributed by atoms with E-state index in [9.17, 15) is 32.9 Å². The number of nitrogens with two attached hydrogens (primary N) is 1. The van der Waals surface area contributed by atoms with E-state index >= 15 is 4.39 Å². The third-order valence-electron chi connectivity index (χ3n) is 3.99. The van der Waals surface area contributed by atoms with Crippen LogP contribution in [0.25, 0.3) is 0 Å². The number of aromatic nitrogens is 2. The summed E-state index contributed by atoms with van der Waals surface area (Å²) in [4.78, 5) is 51.0. The molecule has 184 valence electrons. The second-order valence-electron chi connectivity index (χ2n) is 6.40. The van der Waals surface area contributed by atoms with Crippen molar-refractivity contribution in [3.63, 3.8) is 0 Å². The van der Waals surface area contributed by atoms with E-state index in [4.69, 9.17) is 25.2 Å². The van der Waals surface area contributed by atoms with Gasteiger partial charge in [-0.25, -0.2) is 27.3 Å². The van der Waals surface area contributed by atoms with E-state index in [1.807, 2.05) is 0 Å². The molecule has 1 aromatic rings. The molecule has 2 rings (SSSR count). The zero-order chi connectivity index (χ0) is 24.7. The van der Waals surface area contributed by atoms with E-state index in [1.54, 1.807) is 0 Å². The van der Waals surface area contributed by atoms with Gasteiger partial charge in [-0.1, -0.05) is 0 Å². The maximum Gasteiger partial charge on any atom is 0.490 e. The Balaban J connectivity index is 2.25. The van der Waals surface area contributed by atoms with Crippen molar-refractivity contribution in [2.75, 3.05) is 12.4 Å². The number of phosphoric ester groups is 1.